The van der Waals surface area contributed by atoms with Crippen molar-refractivity contribution in [2.24, 2.45) is 4.36 Å². The number of anilines is 2. The number of allylic oxidation sites excluding steroid dienone is 1. The Morgan fingerprint density at radius 1 is 1.37 bits per heavy atom. The molecule has 4 rings (SSSR count). The van der Waals surface area contributed by atoms with Crippen LogP contribution in [0.25, 0.3) is 5.57 Å². The van der Waals surface area contributed by atoms with Crippen molar-refractivity contribution in [1.82, 2.24) is 5.16 Å². The van der Waals surface area contributed by atoms with Crippen molar-refractivity contribution in [2.45, 2.75) is 19.4 Å². The number of carbonyl (C=O) groups excluding carboxylic acids is 3. The van der Waals surface area contributed by atoms with Crippen LogP contribution in [0.3, 0.4) is 0 Å². The van der Waals surface area contributed by atoms with Crippen molar-refractivity contribution in [1.29, 1.82) is 0 Å². The molecule has 1 aromatic carbocycles. The van der Waals surface area contributed by atoms with Crippen molar-refractivity contribution in [3.8, 4) is 0 Å². The molecule has 0 bridgehead atoms. The van der Waals surface area contributed by atoms with Crippen molar-refractivity contribution in [3.05, 3.63) is 48.0 Å². The fourth-order valence-electron chi connectivity index (χ4n) is 3.68. The third-order valence-electron chi connectivity index (χ3n) is 5.38. The van der Waals surface area contributed by atoms with Crippen LogP contribution in [0, 0.1) is 5.82 Å². The van der Waals surface area contributed by atoms with E-state index in [-0.39, 0.29) is 24.5 Å². The van der Waals surface area contributed by atoms with Crippen molar-refractivity contribution in [3.63, 3.8) is 0 Å². The second-order valence-corrected chi connectivity index (χ2v) is 10.4. The van der Waals surface area contributed by atoms with Gasteiger partial charge in [0.25, 0.3) is 5.91 Å². The number of benzene rings is 1. The molecule has 1 unspecified atom stereocenters. The largest absolute Gasteiger partial charge is 0.456 e. The summed E-state index contributed by atoms with van der Waals surface area (Å²) in [5.74, 6) is -1.37. The van der Waals surface area contributed by atoms with Gasteiger partial charge in [-0.1, -0.05) is 11.2 Å². The molecular formula is C22H23FN4O7S. The van der Waals surface area contributed by atoms with Gasteiger partial charge in [0.05, 0.1) is 34.3 Å². The highest BCUT2D eigenvalue weighted by Crippen LogP contribution is 2.30. The Hall–Kier alpha value is -3.74. The topological polar surface area (TPSA) is 140 Å². The number of rotatable bonds is 7. The van der Waals surface area contributed by atoms with E-state index in [1.54, 1.807) is 24.3 Å². The van der Waals surface area contributed by atoms with E-state index in [9.17, 15) is 23.0 Å². The Balaban J connectivity index is 1.40. The Bertz CT molecular complexity index is 1280. The van der Waals surface area contributed by atoms with E-state index >= 15 is 0 Å². The summed E-state index contributed by atoms with van der Waals surface area (Å²) in [6.45, 7) is 1.15. The molecule has 0 saturated carbocycles. The summed E-state index contributed by atoms with van der Waals surface area (Å²) in [6, 6.07) is 6.06. The minimum absolute atomic E-state index is 0.0199. The lowest BCUT2D eigenvalue weighted by Crippen LogP contribution is -2.27. The summed E-state index contributed by atoms with van der Waals surface area (Å²) in [4.78, 5) is 36.2. The van der Waals surface area contributed by atoms with E-state index in [1.165, 1.54) is 17.2 Å². The molecule has 2 aliphatic rings. The Kier molecular flexibility index (Phi) is 7.15. The van der Waals surface area contributed by atoms with Crippen LogP contribution in [0.4, 0.5) is 20.7 Å². The average Bonchev–Trinajstić information content (AvgIpc) is 3.46. The minimum Gasteiger partial charge on any atom is -0.456 e. The van der Waals surface area contributed by atoms with Gasteiger partial charge in [0.1, 0.15) is 18.2 Å². The summed E-state index contributed by atoms with van der Waals surface area (Å²) >= 11 is 0. The van der Waals surface area contributed by atoms with Crippen LogP contribution in [0.1, 0.15) is 18.9 Å². The molecule has 2 aromatic rings. The molecule has 2 aliphatic heterocycles. The number of amides is 2. The summed E-state index contributed by atoms with van der Waals surface area (Å²) in [7, 11) is -2.85. The molecule has 1 aromatic heterocycles. The minimum atomic E-state index is -2.85. The quantitative estimate of drug-likeness (QED) is 0.561. The van der Waals surface area contributed by atoms with E-state index < -0.39 is 46.2 Å². The SMILES string of the molecule is CC(=O)OCC(=O)N=S1(=O)CC=C(c2ccc(N3C[C@H](CNc4ccon4)OC3=O)cc2F)CC1. The third kappa shape index (κ3) is 6.04. The maximum atomic E-state index is 15.0. The molecule has 2 atom stereocenters. The van der Waals surface area contributed by atoms with Crippen LogP contribution in [0.15, 0.2) is 45.5 Å². The number of aromatic nitrogens is 1. The molecule has 11 nitrogen and oxygen atoms in total. The van der Waals surface area contributed by atoms with E-state index in [0.717, 1.165) is 6.92 Å². The first-order valence-electron chi connectivity index (χ1n) is 10.7. The molecule has 1 fully saturated rings. The molecule has 35 heavy (non-hydrogen) atoms. The van der Waals surface area contributed by atoms with Crippen molar-refractivity contribution < 1.29 is 37.0 Å². The number of hydrogen-bond acceptors (Lipinski definition) is 9. The van der Waals surface area contributed by atoms with E-state index in [0.29, 0.717) is 29.2 Å². The third-order valence-corrected chi connectivity index (χ3v) is 7.45. The lowest BCUT2D eigenvalue weighted by molar-refractivity contribution is -0.145. The van der Waals surface area contributed by atoms with Crippen LogP contribution < -0.4 is 10.2 Å². The highest BCUT2D eigenvalue weighted by molar-refractivity contribution is 7.94. The van der Waals surface area contributed by atoms with Crippen molar-refractivity contribution in [2.75, 3.05) is 41.4 Å². The van der Waals surface area contributed by atoms with Gasteiger partial charge in [-0.25, -0.2) is 13.4 Å². The molecule has 1 saturated heterocycles. The fraction of sp³-hybridized carbons (Fsp3) is 0.364. The smallest absolute Gasteiger partial charge is 0.414 e. The first-order valence-corrected chi connectivity index (χ1v) is 12.6. The first kappa shape index (κ1) is 24.4. The van der Waals surface area contributed by atoms with Gasteiger partial charge in [0.15, 0.2) is 12.4 Å². The molecule has 2 amide bonds. The molecule has 0 radical (unpaired) electrons. The average molecular weight is 507 g/mol. The second kappa shape index (κ2) is 10.3. The van der Waals surface area contributed by atoms with Crippen LogP contribution in [0.2, 0.25) is 0 Å². The lowest BCUT2D eigenvalue weighted by atomic mass is 10.0. The summed E-state index contributed by atoms with van der Waals surface area (Å²) < 4.78 is 46.1. The van der Waals surface area contributed by atoms with Crippen LogP contribution >= 0.6 is 0 Å². The maximum absolute atomic E-state index is 15.0. The molecule has 3 heterocycles. The predicted octanol–water partition coefficient (Wildman–Crippen LogP) is 2.60. The van der Waals surface area contributed by atoms with E-state index in [4.69, 9.17) is 9.26 Å². The Morgan fingerprint density at radius 3 is 2.86 bits per heavy atom. The molecule has 0 aliphatic carbocycles. The standard InChI is InChI=1S/C22H23FN4O7S/c1-14(28)32-13-21(29)26-35(31)8-5-15(6-9-35)18-3-2-16(10-19(18)23)27-12-17(34-22(27)30)11-24-20-4-7-33-25-20/h2-5,7,10,17H,6,8-9,11-13H2,1H3,(H,24,25)/t17-,35?/m0/s1. The molecule has 0 spiro atoms. The number of nitrogens with one attached hydrogen (secondary N) is 1. The molecule has 1 N–H and O–H groups in total. The molecule has 186 valence electrons. The van der Waals surface area contributed by atoms with Crippen molar-refractivity contribution >= 4 is 44.8 Å². The monoisotopic (exact) mass is 506 g/mol. The predicted molar refractivity (Wildman–Crippen MR) is 124 cm³/mol. The van der Waals surface area contributed by atoms with Gasteiger partial charge in [-0.15, -0.1) is 0 Å². The van der Waals surface area contributed by atoms with Crippen LogP contribution in [-0.4, -0.2) is 64.6 Å². The number of carbonyl (C=O) groups is 3. The summed E-state index contributed by atoms with van der Waals surface area (Å²) in [5, 5.41) is 6.71. The zero-order valence-corrected chi connectivity index (χ0v) is 19.6. The number of cyclic esters (lactones) is 1. The molecule has 13 heteroatoms. The lowest BCUT2D eigenvalue weighted by Gasteiger charge is -2.19. The second-order valence-electron chi connectivity index (χ2n) is 7.93. The maximum Gasteiger partial charge on any atom is 0.414 e. The van der Waals surface area contributed by atoms with Gasteiger partial charge in [-0.3, -0.25) is 14.5 Å². The first-order chi connectivity index (χ1) is 16.7. The summed E-state index contributed by atoms with van der Waals surface area (Å²) in [6.07, 6.45) is 2.23. The number of nitrogens with zero attached hydrogens (tertiary/aromatic N) is 3. The zero-order valence-electron chi connectivity index (χ0n) is 18.8. The van der Waals surface area contributed by atoms with Gasteiger partial charge in [0.2, 0.25) is 0 Å². The Morgan fingerprint density at radius 2 is 2.20 bits per heavy atom. The number of esters is 1. The van der Waals surface area contributed by atoms with Gasteiger partial charge < -0.3 is 19.3 Å². The summed E-state index contributed by atoms with van der Waals surface area (Å²) in [5.41, 5.74) is 1.30. The fourth-order valence-corrected chi connectivity index (χ4v) is 5.44. The zero-order chi connectivity index (χ0) is 25.0. The van der Waals surface area contributed by atoms with Crippen LogP contribution in [-0.2, 0) is 28.8 Å². The number of hydrogen-bond donors (Lipinski definition) is 1. The van der Waals surface area contributed by atoms with Gasteiger partial charge in [-0.2, -0.15) is 4.36 Å². The number of halogens is 1. The highest BCUT2D eigenvalue weighted by Gasteiger charge is 2.33. The highest BCUT2D eigenvalue weighted by atomic mass is 32.2. The van der Waals surface area contributed by atoms with Gasteiger partial charge in [-0.05, 0) is 30.2 Å². The van der Waals surface area contributed by atoms with Crippen LogP contribution in [0.5, 0.6) is 0 Å². The normalized spacial score (nSPS) is 21.8. The van der Waals surface area contributed by atoms with Gasteiger partial charge in [0, 0.05) is 24.3 Å². The number of ether oxygens (including phenoxy) is 2. The van der Waals surface area contributed by atoms with E-state index in [1.807, 2.05) is 0 Å². The molecular weight excluding hydrogens is 483 g/mol. The Labute approximate surface area is 200 Å². The van der Waals surface area contributed by atoms with Gasteiger partial charge >= 0.3 is 12.1 Å². The van der Waals surface area contributed by atoms with E-state index in [2.05, 4.69) is 19.6 Å².